The second-order valence-electron chi connectivity index (χ2n) is 6.03. The maximum absolute atomic E-state index is 11.8. The minimum absolute atomic E-state index is 0.353. The van der Waals surface area contributed by atoms with Gasteiger partial charge in [-0.25, -0.2) is 4.79 Å². The van der Waals surface area contributed by atoms with Gasteiger partial charge in [0.05, 0.1) is 5.69 Å². The summed E-state index contributed by atoms with van der Waals surface area (Å²) in [6.07, 6.45) is 2.45. The molecule has 0 spiro atoms. The number of piperidine rings is 1. The molecule has 2 unspecified atom stereocenters. The van der Waals surface area contributed by atoms with Crippen molar-refractivity contribution in [3.05, 3.63) is 16.8 Å². The predicted octanol–water partition coefficient (Wildman–Crippen LogP) is 2.78. The number of rotatable bonds is 4. The van der Waals surface area contributed by atoms with Crippen molar-refractivity contribution in [2.75, 3.05) is 18.0 Å². The lowest BCUT2D eigenvalue weighted by atomic mass is 9.88. The Hall–Kier alpha value is -1.65. The summed E-state index contributed by atoms with van der Waals surface area (Å²) in [7, 11) is 0. The molecule has 5 nitrogen and oxygen atoms in total. The monoisotopic (exact) mass is 291 g/mol. The van der Waals surface area contributed by atoms with Gasteiger partial charge in [0.25, 0.3) is 0 Å². The summed E-state index contributed by atoms with van der Waals surface area (Å²) in [6.45, 7) is 10.1. The number of carboxylic acids is 1. The molecule has 2 rings (SSSR count). The van der Waals surface area contributed by atoms with Gasteiger partial charge in [-0.1, -0.05) is 27.7 Å². The lowest BCUT2D eigenvalue weighted by molar-refractivity contribution is 0.0695. The van der Waals surface area contributed by atoms with Crippen molar-refractivity contribution < 1.29 is 9.90 Å². The molecule has 1 fully saturated rings. The van der Waals surface area contributed by atoms with Gasteiger partial charge in [0.15, 0.2) is 5.82 Å². The lowest BCUT2D eigenvalue weighted by Gasteiger charge is -2.36. The zero-order valence-electron chi connectivity index (χ0n) is 13.4. The molecule has 116 valence electrons. The van der Waals surface area contributed by atoms with Crippen molar-refractivity contribution in [1.82, 2.24) is 10.2 Å². The normalized spacial score (nSPS) is 22.4. The molecule has 1 aliphatic heterocycles. The van der Waals surface area contributed by atoms with Crippen LogP contribution < -0.4 is 4.90 Å². The number of aryl methyl sites for hydroxylation is 1. The van der Waals surface area contributed by atoms with Gasteiger partial charge in [-0.15, -0.1) is 5.10 Å². The van der Waals surface area contributed by atoms with Crippen LogP contribution in [0, 0.1) is 11.8 Å². The van der Waals surface area contributed by atoms with Gasteiger partial charge in [0.1, 0.15) is 5.56 Å². The second kappa shape index (κ2) is 6.41. The highest BCUT2D eigenvalue weighted by molar-refractivity contribution is 5.95. The third-order valence-corrected chi connectivity index (χ3v) is 4.68. The molecule has 1 saturated heterocycles. The zero-order valence-corrected chi connectivity index (χ0v) is 13.4. The Morgan fingerprint density at radius 2 is 1.95 bits per heavy atom. The summed E-state index contributed by atoms with van der Waals surface area (Å²) in [5, 5.41) is 18.2. The number of hydrogen-bond donors (Lipinski definition) is 1. The SMILES string of the molecule is CCc1nnc(N2CCC(C)C(C)C2)c(C(=O)O)c1CC. The van der Waals surface area contributed by atoms with E-state index < -0.39 is 5.97 Å². The largest absolute Gasteiger partial charge is 0.478 e. The molecule has 21 heavy (non-hydrogen) atoms. The van der Waals surface area contributed by atoms with Gasteiger partial charge >= 0.3 is 5.97 Å². The second-order valence-corrected chi connectivity index (χ2v) is 6.03. The van der Waals surface area contributed by atoms with Crippen LogP contribution in [0.2, 0.25) is 0 Å². The maximum atomic E-state index is 11.8. The number of hydrogen-bond acceptors (Lipinski definition) is 4. The van der Waals surface area contributed by atoms with Crippen molar-refractivity contribution >= 4 is 11.8 Å². The molecule has 0 radical (unpaired) electrons. The van der Waals surface area contributed by atoms with Crippen LogP contribution >= 0.6 is 0 Å². The lowest BCUT2D eigenvalue weighted by Crippen LogP contribution is -2.40. The Morgan fingerprint density at radius 3 is 2.48 bits per heavy atom. The van der Waals surface area contributed by atoms with Gasteiger partial charge in [0.2, 0.25) is 0 Å². The molecule has 5 heteroatoms. The third-order valence-electron chi connectivity index (χ3n) is 4.68. The van der Waals surface area contributed by atoms with Gasteiger partial charge < -0.3 is 10.0 Å². The number of carbonyl (C=O) groups is 1. The van der Waals surface area contributed by atoms with E-state index in [1.54, 1.807) is 0 Å². The number of aromatic nitrogens is 2. The molecule has 1 aromatic heterocycles. The Morgan fingerprint density at radius 1 is 1.24 bits per heavy atom. The number of anilines is 1. The fourth-order valence-electron chi connectivity index (χ4n) is 3.06. The average Bonchev–Trinajstić information content (AvgIpc) is 2.48. The molecule has 0 aliphatic carbocycles. The highest BCUT2D eigenvalue weighted by atomic mass is 16.4. The molecular weight excluding hydrogens is 266 g/mol. The smallest absolute Gasteiger partial charge is 0.339 e. The molecule has 0 aromatic carbocycles. The van der Waals surface area contributed by atoms with Crippen LogP contribution in [0.4, 0.5) is 5.82 Å². The maximum Gasteiger partial charge on any atom is 0.339 e. The average molecular weight is 291 g/mol. The van der Waals surface area contributed by atoms with Crippen molar-refractivity contribution in [3.8, 4) is 0 Å². The van der Waals surface area contributed by atoms with E-state index in [4.69, 9.17) is 0 Å². The number of aromatic carboxylic acids is 1. The summed E-state index contributed by atoms with van der Waals surface area (Å²) in [4.78, 5) is 13.9. The first kappa shape index (κ1) is 15.7. The molecular formula is C16H25N3O2. The standard InChI is InChI=1S/C16H25N3O2/c1-5-12-13(6-2)17-18-15(14(12)16(20)21)19-8-7-10(3)11(4)9-19/h10-11H,5-9H2,1-4H3,(H,20,21). The molecule has 2 atom stereocenters. The van der Waals surface area contributed by atoms with E-state index in [1.807, 2.05) is 13.8 Å². The summed E-state index contributed by atoms with van der Waals surface area (Å²) >= 11 is 0. The molecule has 2 heterocycles. The van der Waals surface area contributed by atoms with Gasteiger partial charge in [-0.05, 0) is 36.7 Å². The molecule has 1 aliphatic rings. The molecule has 1 aromatic rings. The molecule has 0 saturated carbocycles. The quantitative estimate of drug-likeness (QED) is 0.924. The molecule has 0 bridgehead atoms. The Kier molecular flexibility index (Phi) is 4.80. The van der Waals surface area contributed by atoms with E-state index in [-0.39, 0.29) is 0 Å². The van der Waals surface area contributed by atoms with Crippen LogP contribution in [0.1, 0.15) is 55.7 Å². The third kappa shape index (κ3) is 3.01. The number of nitrogens with zero attached hydrogens (tertiary/aromatic N) is 3. The van der Waals surface area contributed by atoms with Gasteiger partial charge in [-0.2, -0.15) is 5.10 Å². The topological polar surface area (TPSA) is 66.3 Å². The van der Waals surface area contributed by atoms with Crippen LogP contribution in [0.3, 0.4) is 0 Å². The highest BCUT2D eigenvalue weighted by Crippen LogP contribution is 2.30. The summed E-state index contributed by atoms with van der Waals surface area (Å²) in [6, 6.07) is 0. The first-order valence-electron chi connectivity index (χ1n) is 7.86. The summed E-state index contributed by atoms with van der Waals surface area (Å²) in [5.41, 5.74) is 1.99. The molecule has 1 N–H and O–H groups in total. The van der Waals surface area contributed by atoms with Crippen molar-refractivity contribution in [1.29, 1.82) is 0 Å². The van der Waals surface area contributed by atoms with E-state index in [9.17, 15) is 9.90 Å². The van der Waals surface area contributed by atoms with E-state index >= 15 is 0 Å². The van der Waals surface area contributed by atoms with Crippen LogP contribution in [-0.4, -0.2) is 34.4 Å². The van der Waals surface area contributed by atoms with E-state index in [0.29, 0.717) is 36.1 Å². The van der Waals surface area contributed by atoms with Crippen molar-refractivity contribution in [2.24, 2.45) is 11.8 Å². The predicted molar refractivity (Wildman–Crippen MR) is 82.9 cm³/mol. The van der Waals surface area contributed by atoms with Crippen LogP contribution in [-0.2, 0) is 12.8 Å². The Labute approximate surface area is 126 Å². The summed E-state index contributed by atoms with van der Waals surface area (Å²) < 4.78 is 0. The van der Waals surface area contributed by atoms with Crippen LogP contribution in [0.15, 0.2) is 0 Å². The van der Waals surface area contributed by atoms with Crippen molar-refractivity contribution in [2.45, 2.75) is 47.0 Å². The van der Waals surface area contributed by atoms with Crippen LogP contribution in [0.5, 0.6) is 0 Å². The fraction of sp³-hybridized carbons (Fsp3) is 0.688. The first-order chi connectivity index (χ1) is 9.99. The first-order valence-corrected chi connectivity index (χ1v) is 7.86. The minimum Gasteiger partial charge on any atom is -0.478 e. The van der Waals surface area contributed by atoms with E-state index in [0.717, 1.165) is 30.8 Å². The van der Waals surface area contributed by atoms with E-state index in [1.165, 1.54) is 0 Å². The van der Waals surface area contributed by atoms with Gasteiger partial charge in [-0.3, -0.25) is 0 Å². The van der Waals surface area contributed by atoms with E-state index in [2.05, 4.69) is 28.9 Å². The minimum atomic E-state index is -0.891. The highest BCUT2D eigenvalue weighted by Gasteiger charge is 2.29. The molecule has 0 amide bonds. The fourth-order valence-corrected chi connectivity index (χ4v) is 3.06. The zero-order chi connectivity index (χ0) is 15.6. The van der Waals surface area contributed by atoms with Crippen molar-refractivity contribution in [3.63, 3.8) is 0 Å². The Balaban J connectivity index is 2.46. The Bertz CT molecular complexity index is 530. The van der Waals surface area contributed by atoms with Crippen LogP contribution in [0.25, 0.3) is 0 Å². The van der Waals surface area contributed by atoms with Gasteiger partial charge in [0, 0.05) is 13.1 Å². The number of carboxylic acid groups (broad SMARTS) is 1. The summed E-state index contributed by atoms with van der Waals surface area (Å²) in [5.74, 6) is 0.870.